The van der Waals surface area contributed by atoms with Gasteiger partial charge in [-0.1, -0.05) is 12.2 Å². The Morgan fingerprint density at radius 1 is 1.00 bits per heavy atom. The van der Waals surface area contributed by atoms with Crippen LogP contribution < -0.4 is 11.0 Å². The summed E-state index contributed by atoms with van der Waals surface area (Å²) < 4.78 is 0. The van der Waals surface area contributed by atoms with E-state index in [1.807, 2.05) is 11.0 Å². The molecule has 0 aromatic carbocycles. The molecule has 0 aromatic rings. The molecule has 4 nitrogen and oxygen atoms in total. The van der Waals surface area contributed by atoms with Gasteiger partial charge in [0.05, 0.1) is 0 Å². The summed E-state index contributed by atoms with van der Waals surface area (Å²) in [6, 6.07) is 0. The lowest BCUT2D eigenvalue weighted by Gasteiger charge is -1.86. The molecule has 0 aliphatic rings. The SMILES string of the molecule is ONC/C=C\CNO. The number of hydroxylamine groups is 2. The van der Waals surface area contributed by atoms with E-state index in [1.165, 1.54) is 0 Å². The van der Waals surface area contributed by atoms with Gasteiger partial charge in [-0.25, -0.2) is 11.0 Å². The van der Waals surface area contributed by atoms with Crippen LogP contribution in [0.15, 0.2) is 12.2 Å². The van der Waals surface area contributed by atoms with Gasteiger partial charge in [0.15, 0.2) is 0 Å². The van der Waals surface area contributed by atoms with E-state index in [4.69, 9.17) is 10.4 Å². The van der Waals surface area contributed by atoms with Crippen molar-refractivity contribution in [1.29, 1.82) is 0 Å². The van der Waals surface area contributed by atoms with Crippen LogP contribution in [0, 0.1) is 0 Å². The highest BCUT2D eigenvalue weighted by molar-refractivity contribution is 4.83. The predicted octanol–water partition coefficient (Wildman–Crippen LogP) is -0.500. The first-order chi connectivity index (χ1) is 3.91. The lowest BCUT2D eigenvalue weighted by molar-refractivity contribution is 0.176. The van der Waals surface area contributed by atoms with E-state index >= 15 is 0 Å². The number of hydrogen-bond donors (Lipinski definition) is 4. The first-order valence-corrected chi connectivity index (χ1v) is 2.30. The van der Waals surface area contributed by atoms with Gasteiger partial charge in [0.1, 0.15) is 0 Å². The zero-order valence-electron chi connectivity index (χ0n) is 4.46. The van der Waals surface area contributed by atoms with Gasteiger partial charge in [0, 0.05) is 13.1 Å². The molecule has 0 saturated carbocycles. The maximum Gasteiger partial charge on any atom is 0.0388 e. The first-order valence-electron chi connectivity index (χ1n) is 2.30. The van der Waals surface area contributed by atoms with Crippen molar-refractivity contribution >= 4 is 0 Å². The fourth-order valence-corrected chi connectivity index (χ4v) is 0.272. The second-order valence-corrected chi connectivity index (χ2v) is 1.20. The van der Waals surface area contributed by atoms with Crippen LogP contribution >= 0.6 is 0 Å². The van der Waals surface area contributed by atoms with E-state index in [-0.39, 0.29) is 0 Å². The van der Waals surface area contributed by atoms with E-state index in [1.54, 1.807) is 12.2 Å². The summed E-state index contributed by atoms with van der Waals surface area (Å²) in [5, 5.41) is 16.0. The molecule has 0 unspecified atom stereocenters. The van der Waals surface area contributed by atoms with Crippen molar-refractivity contribution in [2.24, 2.45) is 0 Å². The summed E-state index contributed by atoms with van der Waals surface area (Å²) in [5.74, 6) is 0. The summed E-state index contributed by atoms with van der Waals surface area (Å²) in [6.07, 6.45) is 3.37. The van der Waals surface area contributed by atoms with Crippen molar-refractivity contribution in [3.63, 3.8) is 0 Å². The Hall–Kier alpha value is -0.420. The summed E-state index contributed by atoms with van der Waals surface area (Å²) in [6.45, 7) is 0.809. The molecular weight excluding hydrogens is 108 g/mol. The molecule has 0 fully saturated rings. The predicted molar refractivity (Wildman–Crippen MR) is 28.7 cm³/mol. The molecular formula is C4H10N2O2. The highest BCUT2D eigenvalue weighted by atomic mass is 16.5. The van der Waals surface area contributed by atoms with Crippen molar-refractivity contribution in [2.45, 2.75) is 0 Å². The van der Waals surface area contributed by atoms with Crippen molar-refractivity contribution in [3.8, 4) is 0 Å². The molecule has 0 atom stereocenters. The third kappa shape index (κ3) is 5.58. The molecule has 0 rings (SSSR count). The summed E-state index contributed by atoms with van der Waals surface area (Å²) >= 11 is 0. The Balaban J connectivity index is 2.83. The average Bonchev–Trinajstić information content (AvgIpc) is 1.81. The van der Waals surface area contributed by atoms with Gasteiger partial charge in [-0.3, -0.25) is 0 Å². The van der Waals surface area contributed by atoms with Gasteiger partial charge in [-0.05, 0) is 0 Å². The fraction of sp³-hybridized carbons (Fsp3) is 0.500. The summed E-state index contributed by atoms with van der Waals surface area (Å²) in [7, 11) is 0. The minimum absolute atomic E-state index is 0.404. The van der Waals surface area contributed by atoms with Crippen LogP contribution in [0.1, 0.15) is 0 Å². The molecule has 0 heterocycles. The van der Waals surface area contributed by atoms with Crippen molar-refractivity contribution < 1.29 is 10.4 Å². The average molecular weight is 118 g/mol. The molecule has 0 bridgehead atoms. The number of nitrogens with one attached hydrogen (secondary N) is 2. The Bertz CT molecular complexity index is 57.1. The number of hydrogen-bond acceptors (Lipinski definition) is 4. The van der Waals surface area contributed by atoms with Crippen LogP contribution in [0.25, 0.3) is 0 Å². The molecule has 4 heteroatoms. The Morgan fingerprint density at radius 2 is 1.38 bits per heavy atom. The molecule has 4 N–H and O–H groups in total. The van der Waals surface area contributed by atoms with Gasteiger partial charge < -0.3 is 10.4 Å². The van der Waals surface area contributed by atoms with E-state index in [2.05, 4.69) is 0 Å². The molecule has 0 spiro atoms. The molecule has 8 heavy (non-hydrogen) atoms. The summed E-state index contributed by atoms with van der Waals surface area (Å²) in [5.41, 5.74) is 3.86. The van der Waals surface area contributed by atoms with Gasteiger partial charge in [0.25, 0.3) is 0 Å². The minimum atomic E-state index is 0.404. The quantitative estimate of drug-likeness (QED) is 0.297. The van der Waals surface area contributed by atoms with Crippen molar-refractivity contribution in [2.75, 3.05) is 13.1 Å². The zero-order chi connectivity index (χ0) is 6.24. The Labute approximate surface area is 47.7 Å². The third-order valence-corrected chi connectivity index (χ3v) is 0.585. The normalized spacial score (nSPS) is 10.8. The van der Waals surface area contributed by atoms with Gasteiger partial charge in [0.2, 0.25) is 0 Å². The maximum atomic E-state index is 7.98. The van der Waals surface area contributed by atoms with Crippen LogP contribution in [-0.2, 0) is 0 Å². The smallest absolute Gasteiger partial charge is 0.0388 e. The fourth-order valence-electron chi connectivity index (χ4n) is 0.272. The van der Waals surface area contributed by atoms with Crippen LogP contribution in [0.3, 0.4) is 0 Å². The second kappa shape index (κ2) is 6.58. The van der Waals surface area contributed by atoms with Gasteiger partial charge in [-0.2, -0.15) is 0 Å². The molecule has 48 valence electrons. The third-order valence-electron chi connectivity index (χ3n) is 0.585. The van der Waals surface area contributed by atoms with Gasteiger partial charge in [-0.15, -0.1) is 0 Å². The van der Waals surface area contributed by atoms with Gasteiger partial charge >= 0.3 is 0 Å². The molecule has 0 amide bonds. The Morgan fingerprint density at radius 3 is 1.62 bits per heavy atom. The second-order valence-electron chi connectivity index (χ2n) is 1.20. The standard InChI is InChI=1S/C4H10N2O2/c7-5-3-1-2-4-6-8/h1-2,5-8H,3-4H2/b2-1-. The van der Waals surface area contributed by atoms with Crippen molar-refractivity contribution in [1.82, 2.24) is 11.0 Å². The molecule has 0 aromatic heterocycles. The minimum Gasteiger partial charge on any atom is -0.317 e. The number of rotatable bonds is 4. The van der Waals surface area contributed by atoms with Crippen LogP contribution in [0.4, 0.5) is 0 Å². The van der Waals surface area contributed by atoms with E-state index in [9.17, 15) is 0 Å². The lowest BCUT2D eigenvalue weighted by Crippen LogP contribution is -2.08. The molecule has 0 saturated heterocycles. The summed E-state index contributed by atoms with van der Waals surface area (Å²) in [4.78, 5) is 0. The Kier molecular flexibility index (Phi) is 6.23. The molecule has 0 radical (unpaired) electrons. The lowest BCUT2D eigenvalue weighted by atomic mass is 10.5. The van der Waals surface area contributed by atoms with Crippen LogP contribution in [0.5, 0.6) is 0 Å². The van der Waals surface area contributed by atoms with E-state index < -0.39 is 0 Å². The largest absolute Gasteiger partial charge is 0.317 e. The zero-order valence-corrected chi connectivity index (χ0v) is 4.46. The highest BCUT2D eigenvalue weighted by Crippen LogP contribution is 1.64. The topological polar surface area (TPSA) is 64.5 Å². The molecule has 0 aliphatic heterocycles. The molecule has 0 aliphatic carbocycles. The highest BCUT2D eigenvalue weighted by Gasteiger charge is 1.70. The van der Waals surface area contributed by atoms with Crippen LogP contribution in [-0.4, -0.2) is 23.5 Å². The monoisotopic (exact) mass is 118 g/mol. The van der Waals surface area contributed by atoms with E-state index in [0.29, 0.717) is 13.1 Å². The van der Waals surface area contributed by atoms with Crippen LogP contribution in [0.2, 0.25) is 0 Å². The van der Waals surface area contributed by atoms with E-state index in [0.717, 1.165) is 0 Å². The van der Waals surface area contributed by atoms with Crippen molar-refractivity contribution in [3.05, 3.63) is 12.2 Å². The first kappa shape index (κ1) is 7.58. The maximum absolute atomic E-state index is 7.98.